The van der Waals surface area contributed by atoms with Crippen molar-refractivity contribution in [3.05, 3.63) is 0 Å². The summed E-state index contributed by atoms with van der Waals surface area (Å²) >= 11 is 0. The van der Waals surface area contributed by atoms with Crippen LogP contribution >= 0.6 is 0 Å². The maximum atomic E-state index is 12.1. The van der Waals surface area contributed by atoms with E-state index in [4.69, 9.17) is 5.26 Å². The molecule has 2 saturated heterocycles. The minimum absolute atomic E-state index is 0.0146. The van der Waals surface area contributed by atoms with Crippen LogP contribution in [0.3, 0.4) is 0 Å². The van der Waals surface area contributed by atoms with Crippen LogP contribution in [0.15, 0.2) is 0 Å². The number of nitriles is 1. The van der Waals surface area contributed by atoms with Crippen molar-refractivity contribution >= 4 is 10.0 Å². The van der Waals surface area contributed by atoms with Gasteiger partial charge in [0.1, 0.15) is 0 Å². The molecule has 2 aliphatic heterocycles. The summed E-state index contributed by atoms with van der Waals surface area (Å²) < 4.78 is 25.7. The third-order valence-electron chi connectivity index (χ3n) is 3.84. The van der Waals surface area contributed by atoms with Gasteiger partial charge in [-0.15, -0.1) is 0 Å². The summed E-state index contributed by atoms with van der Waals surface area (Å²) in [6, 6.07) is 1.84. The topological polar surface area (TPSA) is 73.2 Å². The van der Waals surface area contributed by atoms with Gasteiger partial charge in [0.2, 0.25) is 10.0 Å². The fourth-order valence-corrected chi connectivity index (χ4v) is 4.29. The number of nitrogens with one attached hydrogen (secondary N) is 1. The van der Waals surface area contributed by atoms with Gasteiger partial charge in [-0.25, -0.2) is 8.42 Å². The standard InChI is InChI=1S/C10H17N3O2S/c1-7(3-11)16(14,15)13-6-9-4-12-5-10(9)8(13)2/h7-10,12H,4-6H2,1-2H3. The fraction of sp³-hybridized carbons (Fsp3) is 0.900. The van der Waals surface area contributed by atoms with Crippen molar-refractivity contribution < 1.29 is 8.42 Å². The first kappa shape index (κ1) is 11.8. The Morgan fingerprint density at radius 2 is 2.19 bits per heavy atom. The molecule has 4 atom stereocenters. The molecule has 0 spiro atoms. The molecule has 0 bridgehead atoms. The van der Waals surface area contributed by atoms with Gasteiger partial charge in [0, 0.05) is 12.6 Å². The molecular formula is C10H17N3O2S. The van der Waals surface area contributed by atoms with Crippen LogP contribution in [-0.2, 0) is 10.0 Å². The number of nitrogens with zero attached hydrogens (tertiary/aromatic N) is 2. The molecule has 0 saturated carbocycles. The minimum atomic E-state index is -3.44. The highest BCUT2D eigenvalue weighted by molar-refractivity contribution is 7.90. The first-order valence-corrected chi connectivity index (χ1v) is 7.09. The molecule has 16 heavy (non-hydrogen) atoms. The third-order valence-corrected chi connectivity index (χ3v) is 5.97. The molecular weight excluding hydrogens is 226 g/mol. The van der Waals surface area contributed by atoms with Crippen molar-refractivity contribution in [3.63, 3.8) is 0 Å². The summed E-state index contributed by atoms with van der Waals surface area (Å²) in [7, 11) is -3.44. The zero-order valence-electron chi connectivity index (χ0n) is 9.55. The molecule has 2 rings (SSSR count). The molecule has 4 unspecified atom stereocenters. The molecule has 0 amide bonds. The van der Waals surface area contributed by atoms with E-state index in [0.717, 1.165) is 13.1 Å². The van der Waals surface area contributed by atoms with Gasteiger partial charge in [-0.1, -0.05) is 0 Å². The van der Waals surface area contributed by atoms with Crippen LogP contribution in [0, 0.1) is 23.2 Å². The van der Waals surface area contributed by atoms with E-state index in [9.17, 15) is 8.42 Å². The van der Waals surface area contributed by atoms with E-state index < -0.39 is 15.3 Å². The Kier molecular flexibility index (Phi) is 2.95. The summed E-state index contributed by atoms with van der Waals surface area (Å²) in [5.74, 6) is 0.816. The summed E-state index contributed by atoms with van der Waals surface area (Å²) in [5, 5.41) is 11.1. The number of hydrogen-bond acceptors (Lipinski definition) is 4. The Morgan fingerprint density at radius 1 is 1.50 bits per heavy atom. The first-order chi connectivity index (χ1) is 7.48. The highest BCUT2D eigenvalue weighted by Crippen LogP contribution is 2.34. The molecule has 2 aliphatic rings. The van der Waals surface area contributed by atoms with Crippen molar-refractivity contribution in [2.24, 2.45) is 11.8 Å². The molecule has 1 N–H and O–H groups in total. The number of fused-ring (bicyclic) bond motifs is 1. The summed E-state index contributed by atoms with van der Waals surface area (Å²) in [4.78, 5) is 0. The van der Waals surface area contributed by atoms with E-state index in [1.165, 1.54) is 11.2 Å². The van der Waals surface area contributed by atoms with E-state index >= 15 is 0 Å². The second-order valence-electron chi connectivity index (χ2n) is 4.71. The van der Waals surface area contributed by atoms with Crippen LogP contribution in [0.1, 0.15) is 13.8 Å². The number of sulfonamides is 1. The predicted octanol–water partition coefficient (Wildman–Crippen LogP) is -0.232. The predicted molar refractivity (Wildman–Crippen MR) is 60.0 cm³/mol. The van der Waals surface area contributed by atoms with E-state index in [0.29, 0.717) is 18.4 Å². The maximum Gasteiger partial charge on any atom is 0.230 e. The Hall–Kier alpha value is -0.640. The second kappa shape index (κ2) is 3.99. The fourth-order valence-electron chi connectivity index (χ4n) is 2.73. The first-order valence-electron chi connectivity index (χ1n) is 5.59. The molecule has 90 valence electrons. The average Bonchev–Trinajstić information content (AvgIpc) is 2.80. The third kappa shape index (κ3) is 1.63. The van der Waals surface area contributed by atoms with Crippen molar-refractivity contribution in [2.75, 3.05) is 19.6 Å². The van der Waals surface area contributed by atoms with E-state index in [2.05, 4.69) is 5.32 Å². The van der Waals surface area contributed by atoms with Gasteiger partial charge >= 0.3 is 0 Å². The number of rotatable bonds is 2. The minimum Gasteiger partial charge on any atom is -0.316 e. The number of hydrogen-bond donors (Lipinski definition) is 1. The van der Waals surface area contributed by atoms with Gasteiger partial charge in [-0.05, 0) is 38.8 Å². The maximum absolute atomic E-state index is 12.1. The average molecular weight is 243 g/mol. The lowest BCUT2D eigenvalue weighted by molar-refractivity contribution is 0.359. The Morgan fingerprint density at radius 3 is 2.75 bits per heavy atom. The van der Waals surface area contributed by atoms with Crippen LogP contribution in [0.25, 0.3) is 0 Å². The van der Waals surface area contributed by atoms with Crippen LogP contribution in [0.2, 0.25) is 0 Å². The molecule has 0 aromatic rings. The van der Waals surface area contributed by atoms with Crippen LogP contribution in [-0.4, -0.2) is 43.6 Å². The highest BCUT2D eigenvalue weighted by atomic mass is 32.2. The highest BCUT2D eigenvalue weighted by Gasteiger charge is 2.47. The molecule has 2 fully saturated rings. The van der Waals surface area contributed by atoms with Crippen LogP contribution in [0.4, 0.5) is 0 Å². The molecule has 0 aromatic heterocycles. The largest absolute Gasteiger partial charge is 0.316 e. The van der Waals surface area contributed by atoms with E-state index in [-0.39, 0.29) is 6.04 Å². The van der Waals surface area contributed by atoms with Crippen molar-refractivity contribution in [3.8, 4) is 6.07 Å². The second-order valence-corrected chi connectivity index (χ2v) is 6.91. The van der Waals surface area contributed by atoms with Gasteiger partial charge in [-0.2, -0.15) is 9.57 Å². The zero-order chi connectivity index (χ0) is 11.9. The van der Waals surface area contributed by atoms with Gasteiger partial charge in [0.25, 0.3) is 0 Å². The quantitative estimate of drug-likeness (QED) is 0.727. The molecule has 0 aliphatic carbocycles. The van der Waals surface area contributed by atoms with Gasteiger partial charge in [-0.3, -0.25) is 0 Å². The SMILES string of the molecule is CC1C2CNCC2CN1S(=O)(=O)C(C)C#N. The zero-order valence-corrected chi connectivity index (χ0v) is 10.4. The van der Waals surface area contributed by atoms with Crippen molar-refractivity contribution in [1.29, 1.82) is 5.26 Å². The lowest BCUT2D eigenvalue weighted by Gasteiger charge is -2.24. The Balaban J connectivity index is 2.22. The van der Waals surface area contributed by atoms with Gasteiger partial charge < -0.3 is 5.32 Å². The molecule has 2 heterocycles. The summed E-state index contributed by atoms with van der Waals surface area (Å²) in [5.41, 5.74) is 0. The molecule has 0 aromatic carbocycles. The van der Waals surface area contributed by atoms with Gasteiger partial charge in [0.15, 0.2) is 5.25 Å². The van der Waals surface area contributed by atoms with E-state index in [1.807, 2.05) is 13.0 Å². The molecule has 0 radical (unpaired) electrons. The monoisotopic (exact) mass is 243 g/mol. The Labute approximate surface area is 96.5 Å². The lowest BCUT2D eigenvalue weighted by Crippen LogP contribution is -2.42. The lowest BCUT2D eigenvalue weighted by atomic mass is 9.95. The Bertz CT molecular complexity index is 414. The molecule has 6 heteroatoms. The van der Waals surface area contributed by atoms with Crippen molar-refractivity contribution in [2.45, 2.75) is 25.1 Å². The van der Waals surface area contributed by atoms with Crippen LogP contribution in [0.5, 0.6) is 0 Å². The smallest absolute Gasteiger partial charge is 0.230 e. The molecule has 5 nitrogen and oxygen atoms in total. The summed E-state index contributed by atoms with van der Waals surface area (Å²) in [6.45, 7) is 5.74. The van der Waals surface area contributed by atoms with Crippen LogP contribution < -0.4 is 5.32 Å². The van der Waals surface area contributed by atoms with E-state index in [1.54, 1.807) is 0 Å². The van der Waals surface area contributed by atoms with Gasteiger partial charge in [0.05, 0.1) is 6.07 Å². The van der Waals surface area contributed by atoms with Crippen molar-refractivity contribution in [1.82, 2.24) is 9.62 Å². The normalized spacial score (nSPS) is 36.9. The summed E-state index contributed by atoms with van der Waals surface area (Å²) in [6.07, 6.45) is 0.